The molecular formula is C32H25N. The first-order chi connectivity index (χ1) is 16.2. The number of nitrogens with zero attached hydrogens (tertiary/aromatic N) is 1. The Bertz CT molecular complexity index is 1610. The van der Waals surface area contributed by atoms with Crippen LogP contribution in [0.25, 0.3) is 49.7 Å². The molecular weight excluding hydrogens is 398 g/mol. The summed E-state index contributed by atoms with van der Waals surface area (Å²) in [5, 5.41) is 2.56. The molecule has 0 fully saturated rings. The van der Waals surface area contributed by atoms with Gasteiger partial charge in [-0.2, -0.15) is 0 Å². The summed E-state index contributed by atoms with van der Waals surface area (Å²) in [5.41, 5.74) is 11.3. The van der Waals surface area contributed by atoms with Crippen LogP contribution in [-0.4, -0.2) is 4.57 Å². The molecule has 0 saturated carbocycles. The largest absolute Gasteiger partial charge is 0.309 e. The zero-order valence-electron chi connectivity index (χ0n) is 18.9. The van der Waals surface area contributed by atoms with E-state index in [0.29, 0.717) is 0 Å². The second kappa shape index (κ2) is 7.79. The highest BCUT2D eigenvalue weighted by Gasteiger charge is 2.17. The monoisotopic (exact) mass is 423 g/mol. The fraction of sp³-hybridized carbons (Fsp3) is 0.0625. The van der Waals surface area contributed by atoms with Crippen molar-refractivity contribution in [1.82, 2.24) is 4.57 Å². The molecule has 6 aromatic rings. The van der Waals surface area contributed by atoms with Gasteiger partial charge < -0.3 is 4.57 Å². The SMILES string of the molecule is Cc1ccc(-c2cccc3c4cc(-c5ccccc5)ccc4n(-c4ccccc4)c23)cc1C. The van der Waals surface area contributed by atoms with Crippen LogP contribution in [0.15, 0.2) is 115 Å². The standard InChI is InChI=1S/C32H25N/c1-22-16-17-26(20-23(22)2)28-14-9-15-29-30-21-25(24-10-5-3-6-11-24)18-19-31(30)33(32(28)29)27-12-7-4-8-13-27/h3-21H,1-2H3. The molecule has 0 radical (unpaired) electrons. The summed E-state index contributed by atoms with van der Waals surface area (Å²) in [6, 6.07) is 41.7. The molecule has 1 aromatic heterocycles. The summed E-state index contributed by atoms with van der Waals surface area (Å²) in [6.45, 7) is 4.36. The minimum Gasteiger partial charge on any atom is -0.309 e. The second-order valence-electron chi connectivity index (χ2n) is 8.77. The van der Waals surface area contributed by atoms with Crippen molar-refractivity contribution in [1.29, 1.82) is 0 Å². The van der Waals surface area contributed by atoms with E-state index in [9.17, 15) is 0 Å². The number of benzene rings is 5. The quantitative estimate of drug-likeness (QED) is 0.268. The van der Waals surface area contributed by atoms with Gasteiger partial charge in [-0.05, 0) is 65.9 Å². The van der Waals surface area contributed by atoms with Crippen molar-refractivity contribution in [3.63, 3.8) is 0 Å². The Kier molecular flexibility index (Phi) is 4.62. The molecule has 0 N–H and O–H groups in total. The molecule has 5 aromatic carbocycles. The molecule has 33 heavy (non-hydrogen) atoms. The van der Waals surface area contributed by atoms with E-state index in [0.717, 1.165) is 0 Å². The maximum Gasteiger partial charge on any atom is 0.0619 e. The van der Waals surface area contributed by atoms with E-state index in [-0.39, 0.29) is 0 Å². The zero-order valence-corrected chi connectivity index (χ0v) is 18.9. The van der Waals surface area contributed by atoms with Gasteiger partial charge in [-0.15, -0.1) is 0 Å². The highest BCUT2D eigenvalue weighted by molar-refractivity contribution is 6.14. The number of aryl methyl sites for hydroxylation is 2. The third-order valence-electron chi connectivity index (χ3n) is 6.73. The zero-order chi connectivity index (χ0) is 22.4. The Morgan fingerprint density at radius 2 is 1.21 bits per heavy atom. The molecule has 1 nitrogen and oxygen atoms in total. The van der Waals surface area contributed by atoms with Crippen LogP contribution in [-0.2, 0) is 0 Å². The second-order valence-corrected chi connectivity index (χ2v) is 8.77. The van der Waals surface area contributed by atoms with Crippen LogP contribution < -0.4 is 0 Å². The maximum absolute atomic E-state index is 2.42. The molecule has 0 bridgehead atoms. The van der Waals surface area contributed by atoms with Crippen molar-refractivity contribution in [3.8, 4) is 27.9 Å². The van der Waals surface area contributed by atoms with E-state index in [2.05, 4.69) is 134 Å². The summed E-state index contributed by atoms with van der Waals surface area (Å²) in [5.74, 6) is 0. The lowest BCUT2D eigenvalue weighted by Crippen LogP contribution is -1.95. The first kappa shape index (κ1) is 19.6. The van der Waals surface area contributed by atoms with Crippen LogP contribution in [0.2, 0.25) is 0 Å². The molecule has 158 valence electrons. The van der Waals surface area contributed by atoms with Gasteiger partial charge in [-0.25, -0.2) is 0 Å². The van der Waals surface area contributed by atoms with Crippen LogP contribution in [0.5, 0.6) is 0 Å². The molecule has 0 aliphatic heterocycles. The van der Waals surface area contributed by atoms with E-state index < -0.39 is 0 Å². The van der Waals surface area contributed by atoms with Crippen molar-refractivity contribution in [2.75, 3.05) is 0 Å². The lowest BCUT2D eigenvalue weighted by atomic mass is 9.98. The van der Waals surface area contributed by atoms with Crippen LogP contribution in [0.4, 0.5) is 0 Å². The summed E-state index contributed by atoms with van der Waals surface area (Å²) >= 11 is 0. The fourth-order valence-electron chi connectivity index (χ4n) is 4.87. The third-order valence-corrected chi connectivity index (χ3v) is 6.73. The average molecular weight is 424 g/mol. The van der Waals surface area contributed by atoms with Crippen LogP contribution in [0, 0.1) is 13.8 Å². The summed E-state index contributed by atoms with van der Waals surface area (Å²) < 4.78 is 2.42. The van der Waals surface area contributed by atoms with E-state index in [1.54, 1.807) is 0 Å². The summed E-state index contributed by atoms with van der Waals surface area (Å²) in [6.07, 6.45) is 0. The van der Waals surface area contributed by atoms with Crippen LogP contribution >= 0.6 is 0 Å². The molecule has 0 aliphatic carbocycles. The Morgan fingerprint density at radius 1 is 0.485 bits per heavy atom. The molecule has 0 amide bonds. The molecule has 0 atom stereocenters. The molecule has 0 unspecified atom stereocenters. The van der Waals surface area contributed by atoms with Gasteiger partial charge in [0.25, 0.3) is 0 Å². The van der Waals surface area contributed by atoms with Crippen molar-refractivity contribution in [3.05, 3.63) is 126 Å². The van der Waals surface area contributed by atoms with Gasteiger partial charge in [0, 0.05) is 22.0 Å². The smallest absolute Gasteiger partial charge is 0.0619 e. The minimum absolute atomic E-state index is 1.18. The number of rotatable bonds is 3. The summed E-state index contributed by atoms with van der Waals surface area (Å²) in [7, 11) is 0. The first-order valence-electron chi connectivity index (χ1n) is 11.5. The van der Waals surface area contributed by atoms with Crippen molar-refractivity contribution < 1.29 is 0 Å². The topological polar surface area (TPSA) is 4.93 Å². The number of hydrogen-bond acceptors (Lipinski definition) is 0. The lowest BCUT2D eigenvalue weighted by molar-refractivity contribution is 1.18. The molecule has 0 spiro atoms. The fourth-order valence-corrected chi connectivity index (χ4v) is 4.87. The Hall–Kier alpha value is -4.10. The van der Waals surface area contributed by atoms with E-state index in [1.807, 2.05) is 0 Å². The average Bonchev–Trinajstić information content (AvgIpc) is 3.21. The van der Waals surface area contributed by atoms with E-state index in [1.165, 1.54) is 60.9 Å². The number of fused-ring (bicyclic) bond motifs is 3. The predicted molar refractivity (Wildman–Crippen MR) is 141 cm³/mol. The third kappa shape index (κ3) is 3.25. The number of para-hydroxylation sites is 2. The van der Waals surface area contributed by atoms with E-state index >= 15 is 0 Å². The van der Waals surface area contributed by atoms with Gasteiger partial charge in [0.15, 0.2) is 0 Å². The van der Waals surface area contributed by atoms with Gasteiger partial charge in [-0.3, -0.25) is 0 Å². The molecule has 0 aliphatic rings. The normalized spacial score (nSPS) is 11.3. The summed E-state index contributed by atoms with van der Waals surface area (Å²) in [4.78, 5) is 0. The van der Waals surface area contributed by atoms with Gasteiger partial charge in [0.2, 0.25) is 0 Å². The van der Waals surface area contributed by atoms with Crippen LogP contribution in [0.3, 0.4) is 0 Å². The van der Waals surface area contributed by atoms with Gasteiger partial charge in [-0.1, -0.05) is 91.0 Å². The van der Waals surface area contributed by atoms with Crippen molar-refractivity contribution >= 4 is 21.8 Å². The lowest BCUT2D eigenvalue weighted by Gasteiger charge is -2.12. The molecule has 6 rings (SSSR count). The molecule has 1 heterocycles. The van der Waals surface area contributed by atoms with Crippen molar-refractivity contribution in [2.24, 2.45) is 0 Å². The van der Waals surface area contributed by atoms with Gasteiger partial charge in [0.1, 0.15) is 0 Å². The van der Waals surface area contributed by atoms with Crippen LogP contribution in [0.1, 0.15) is 11.1 Å². The number of aromatic nitrogens is 1. The highest BCUT2D eigenvalue weighted by atomic mass is 15.0. The first-order valence-corrected chi connectivity index (χ1v) is 11.5. The molecule has 1 heteroatoms. The maximum atomic E-state index is 2.42. The van der Waals surface area contributed by atoms with Gasteiger partial charge in [0.05, 0.1) is 11.0 Å². The Labute approximate surface area is 194 Å². The Morgan fingerprint density at radius 3 is 1.97 bits per heavy atom. The minimum atomic E-state index is 1.18. The Balaban J connectivity index is 1.72. The number of hydrogen-bond donors (Lipinski definition) is 0. The predicted octanol–water partition coefficient (Wildman–Crippen LogP) is 8.73. The molecule has 0 saturated heterocycles. The van der Waals surface area contributed by atoms with E-state index in [4.69, 9.17) is 0 Å². The van der Waals surface area contributed by atoms with Crippen molar-refractivity contribution in [2.45, 2.75) is 13.8 Å². The van der Waals surface area contributed by atoms with Gasteiger partial charge >= 0.3 is 0 Å². The highest BCUT2D eigenvalue weighted by Crippen LogP contribution is 2.39.